The molecule has 0 radical (unpaired) electrons. The van der Waals surface area contributed by atoms with E-state index in [2.05, 4.69) is 37.2 Å². The van der Waals surface area contributed by atoms with Crippen LogP contribution in [0.15, 0.2) is 36.5 Å². The van der Waals surface area contributed by atoms with Gasteiger partial charge in [0.2, 0.25) is 0 Å². The first-order chi connectivity index (χ1) is 13.7. The molecule has 2 aromatic heterocycles. The molecule has 1 aliphatic heterocycles. The van der Waals surface area contributed by atoms with E-state index in [0.717, 1.165) is 66.2 Å². The van der Waals surface area contributed by atoms with Crippen molar-refractivity contribution in [1.82, 2.24) is 14.9 Å². The van der Waals surface area contributed by atoms with Gasteiger partial charge in [-0.2, -0.15) is 5.26 Å². The van der Waals surface area contributed by atoms with E-state index in [-0.39, 0.29) is 0 Å². The third-order valence-corrected chi connectivity index (χ3v) is 5.78. The van der Waals surface area contributed by atoms with Crippen LogP contribution in [0.5, 0.6) is 0 Å². The third kappa shape index (κ3) is 4.22. The van der Waals surface area contributed by atoms with E-state index in [1.807, 2.05) is 24.4 Å². The lowest BCUT2D eigenvalue weighted by atomic mass is 10.2. The van der Waals surface area contributed by atoms with Crippen molar-refractivity contribution >= 4 is 38.2 Å². The standard InChI is InChI=1S/C20H22N6OS/c1-27-11-10-25-6-8-26(9-7-25)16-4-5-22-19(13-16)24-20-23-17-3-2-15(14-21)12-18(17)28-20/h2-5,12-13H,6-11H2,1H3,(H,22,23,24). The minimum absolute atomic E-state index is 0.646. The highest BCUT2D eigenvalue weighted by molar-refractivity contribution is 7.22. The largest absolute Gasteiger partial charge is 0.383 e. The highest BCUT2D eigenvalue weighted by Crippen LogP contribution is 2.29. The minimum Gasteiger partial charge on any atom is -0.383 e. The van der Waals surface area contributed by atoms with Gasteiger partial charge in [0.05, 0.1) is 28.5 Å². The third-order valence-electron chi connectivity index (χ3n) is 4.85. The first kappa shape index (κ1) is 18.6. The maximum atomic E-state index is 9.05. The van der Waals surface area contributed by atoms with Gasteiger partial charge in [0.15, 0.2) is 5.13 Å². The fourth-order valence-electron chi connectivity index (χ4n) is 3.29. The molecule has 1 saturated heterocycles. The smallest absolute Gasteiger partial charge is 0.189 e. The molecule has 1 aliphatic rings. The average Bonchev–Trinajstić information content (AvgIpc) is 3.14. The van der Waals surface area contributed by atoms with E-state index >= 15 is 0 Å². The van der Waals surface area contributed by atoms with E-state index in [4.69, 9.17) is 10.00 Å². The molecule has 3 aromatic rings. The Balaban J connectivity index is 1.44. The summed E-state index contributed by atoms with van der Waals surface area (Å²) in [5, 5.41) is 13.1. The molecule has 0 unspecified atom stereocenters. The summed E-state index contributed by atoms with van der Waals surface area (Å²) in [4.78, 5) is 13.8. The zero-order valence-electron chi connectivity index (χ0n) is 15.8. The van der Waals surface area contributed by atoms with Crippen molar-refractivity contribution in [2.24, 2.45) is 0 Å². The predicted molar refractivity (Wildman–Crippen MR) is 112 cm³/mol. The van der Waals surface area contributed by atoms with Crippen molar-refractivity contribution in [3.05, 3.63) is 42.1 Å². The number of nitrogens with zero attached hydrogens (tertiary/aromatic N) is 5. The Morgan fingerprint density at radius 1 is 1.21 bits per heavy atom. The Bertz CT molecular complexity index is 990. The van der Waals surface area contributed by atoms with Crippen LogP contribution in [0.3, 0.4) is 0 Å². The topological polar surface area (TPSA) is 77.3 Å². The molecule has 1 aromatic carbocycles. The number of piperazine rings is 1. The van der Waals surface area contributed by atoms with Crippen LogP contribution in [0.1, 0.15) is 5.56 Å². The van der Waals surface area contributed by atoms with Crippen molar-refractivity contribution in [3.63, 3.8) is 0 Å². The van der Waals surface area contributed by atoms with Crippen LogP contribution in [-0.2, 0) is 4.74 Å². The van der Waals surface area contributed by atoms with Crippen LogP contribution in [-0.4, -0.2) is 61.3 Å². The Labute approximate surface area is 168 Å². The van der Waals surface area contributed by atoms with Crippen molar-refractivity contribution in [2.45, 2.75) is 0 Å². The number of thiazole rings is 1. The number of rotatable bonds is 6. The van der Waals surface area contributed by atoms with Crippen molar-refractivity contribution in [2.75, 3.05) is 56.7 Å². The monoisotopic (exact) mass is 394 g/mol. The maximum Gasteiger partial charge on any atom is 0.189 e. The first-order valence-corrected chi connectivity index (χ1v) is 10.1. The van der Waals surface area contributed by atoms with Gasteiger partial charge in [-0.15, -0.1) is 0 Å². The summed E-state index contributed by atoms with van der Waals surface area (Å²) in [6.07, 6.45) is 1.83. The van der Waals surface area contributed by atoms with Crippen LogP contribution in [0.25, 0.3) is 10.2 Å². The van der Waals surface area contributed by atoms with Crippen LogP contribution in [0.4, 0.5) is 16.6 Å². The zero-order valence-corrected chi connectivity index (χ0v) is 16.6. The van der Waals surface area contributed by atoms with Crippen molar-refractivity contribution < 1.29 is 4.74 Å². The van der Waals surface area contributed by atoms with Crippen LogP contribution < -0.4 is 10.2 Å². The Kier molecular flexibility index (Phi) is 5.67. The predicted octanol–water partition coefficient (Wildman–Crippen LogP) is 3.07. The quantitative estimate of drug-likeness (QED) is 0.688. The lowest BCUT2D eigenvalue weighted by Gasteiger charge is -2.36. The number of ether oxygens (including phenoxy) is 1. The fraction of sp³-hybridized carbons (Fsp3) is 0.350. The molecule has 7 nitrogen and oxygen atoms in total. The van der Waals surface area contributed by atoms with Gasteiger partial charge in [0, 0.05) is 57.8 Å². The summed E-state index contributed by atoms with van der Waals surface area (Å²) in [6.45, 7) is 5.82. The molecular weight excluding hydrogens is 372 g/mol. The summed E-state index contributed by atoms with van der Waals surface area (Å²) in [5.74, 6) is 0.777. The van der Waals surface area contributed by atoms with Gasteiger partial charge in [-0.1, -0.05) is 11.3 Å². The molecular formula is C20H22N6OS. The lowest BCUT2D eigenvalue weighted by molar-refractivity contribution is 0.144. The van der Waals surface area contributed by atoms with Gasteiger partial charge in [-0.25, -0.2) is 9.97 Å². The van der Waals surface area contributed by atoms with Gasteiger partial charge in [-0.3, -0.25) is 4.90 Å². The highest BCUT2D eigenvalue weighted by atomic mass is 32.1. The van der Waals surface area contributed by atoms with Gasteiger partial charge in [0.25, 0.3) is 0 Å². The van der Waals surface area contributed by atoms with E-state index in [0.29, 0.717) is 5.56 Å². The van der Waals surface area contributed by atoms with E-state index in [9.17, 15) is 0 Å². The number of fused-ring (bicyclic) bond motifs is 1. The van der Waals surface area contributed by atoms with Crippen molar-refractivity contribution in [1.29, 1.82) is 5.26 Å². The van der Waals surface area contributed by atoms with Gasteiger partial charge in [0.1, 0.15) is 5.82 Å². The number of benzene rings is 1. The Morgan fingerprint density at radius 3 is 2.86 bits per heavy atom. The number of aromatic nitrogens is 2. The Hall–Kier alpha value is -2.73. The summed E-state index contributed by atoms with van der Waals surface area (Å²) in [6, 6.07) is 11.8. The molecule has 0 spiro atoms. The number of hydrogen-bond acceptors (Lipinski definition) is 8. The molecule has 1 fully saturated rings. The number of methoxy groups -OCH3 is 1. The minimum atomic E-state index is 0.646. The number of nitriles is 1. The molecule has 3 heterocycles. The van der Waals surface area contributed by atoms with E-state index in [1.54, 1.807) is 13.2 Å². The lowest BCUT2D eigenvalue weighted by Crippen LogP contribution is -2.47. The van der Waals surface area contributed by atoms with Gasteiger partial charge >= 0.3 is 0 Å². The number of hydrogen-bond donors (Lipinski definition) is 1. The normalized spacial score (nSPS) is 14.9. The summed E-state index contributed by atoms with van der Waals surface area (Å²) >= 11 is 1.53. The van der Waals surface area contributed by atoms with Crippen LogP contribution >= 0.6 is 11.3 Å². The molecule has 0 aliphatic carbocycles. The van der Waals surface area contributed by atoms with Gasteiger partial charge in [-0.05, 0) is 24.3 Å². The molecule has 0 saturated carbocycles. The highest BCUT2D eigenvalue weighted by Gasteiger charge is 2.17. The zero-order chi connectivity index (χ0) is 19.3. The molecule has 4 rings (SSSR count). The molecule has 0 amide bonds. The fourth-order valence-corrected chi connectivity index (χ4v) is 4.20. The van der Waals surface area contributed by atoms with Gasteiger partial charge < -0.3 is 15.0 Å². The van der Waals surface area contributed by atoms with Crippen LogP contribution in [0, 0.1) is 11.3 Å². The molecule has 0 bridgehead atoms. The van der Waals surface area contributed by atoms with Crippen LogP contribution in [0.2, 0.25) is 0 Å². The van der Waals surface area contributed by atoms with E-state index < -0.39 is 0 Å². The summed E-state index contributed by atoms with van der Waals surface area (Å²) < 4.78 is 6.16. The second-order valence-electron chi connectivity index (χ2n) is 6.66. The van der Waals surface area contributed by atoms with E-state index in [1.165, 1.54) is 11.3 Å². The maximum absolute atomic E-state index is 9.05. The SMILES string of the molecule is COCCN1CCN(c2ccnc(Nc3nc4ccc(C#N)cc4s3)c2)CC1. The number of anilines is 3. The molecule has 1 N–H and O–H groups in total. The van der Waals surface area contributed by atoms with Crippen molar-refractivity contribution in [3.8, 4) is 6.07 Å². The number of nitrogens with one attached hydrogen (secondary N) is 1. The molecule has 0 atom stereocenters. The Morgan fingerprint density at radius 2 is 2.07 bits per heavy atom. The average molecular weight is 395 g/mol. The summed E-state index contributed by atoms with van der Waals surface area (Å²) in [7, 11) is 1.75. The molecule has 28 heavy (non-hydrogen) atoms. The second kappa shape index (κ2) is 8.52. The molecule has 144 valence electrons. The number of pyridine rings is 1. The molecule has 8 heteroatoms. The summed E-state index contributed by atoms with van der Waals surface area (Å²) in [5.41, 5.74) is 2.69. The second-order valence-corrected chi connectivity index (χ2v) is 7.69. The first-order valence-electron chi connectivity index (χ1n) is 9.25.